The maximum atomic E-state index is 13.9. The van der Waals surface area contributed by atoms with Crippen molar-refractivity contribution in [3.05, 3.63) is 77.9 Å². The summed E-state index contributed by atoms with van der Waals surface area (Å²) < 4.78 is 29.4. The van der Waals surface area contributed by atoms with E-state index in [1.807, 2.05) is 26.8 Å². The number of fused-ring (bicyclic) bond motifs is 1. The summed E-state index contributed by atoms with van der Waals surface area (Å²) in [6, 6.07) is 9.68. The standard InChI is InChI=1S/C29H28ClN3O7S/c1-5-37-21-9-8-18(15-22(21)38-6-2)25-19(28(35)36-4)16-32-29-33(25)27(34)24(41-29)14-17-12-20(30)26(40-11-10-31)23(13-17)39-7-3/h8-9,12-16,25H,5-7,11H2,1-4H3/b24-14-/t25-/m1/s1. The van der Waals surface area contributed by atoms with E-state index in [1.165, 1.54) is 17.9 Å². The first-order chi connectivity index (χ1) is 19.9. The third-order valence-corrected chi connectivity index (χ3v) is 7.20. The van der Waals surface area contributed by atoms with E-state index in [2.05, 4.69) is 4.99 Å². The first kappa shape index (κ1) is 29.7. The third kappa shape index (κ3) is 6.24. The summed E-state index contributed by atoms with van der Waals surface area (Å²) in [5, 5.41) is 9.13. The molecule has 2 heterocycles. The van der Waals surface area contributed by atoms with Crippen LogP contribution in [0.3, 0.4) is 0 Å². The number of halogens is 1. The predicted octanol–water partition coefficient (Wildman–Crippen LogP) is 3.77. The molecule has 41 heavy (non-hydrogen) atoms. The maximum absolute atomic E-state index is 13.9. The lowest BCUT2D eigenvalue weighted by Crippen LogP contribution is -2.39. The summed E-state index contributed by atoms with van der Waals surface area (Å²) in [6.45, 7) is 6.53. The average Bonchev–Trinajstić information content (AvgIpc) is 3.27. The summed E-state index contributed by atoms with van der Waals surface area (Å²) in [6.07, 6.45) is 3.09. The van der Waals surface area contributed by atoms with Crippen molar-refractivity contribution in [2.24, 2.45) is 4.99 Å². The Morgan fingerprint density at radius 2 is 1.78 bits per heavy atom. The Bertz CT molecular complexity index is 1700. The van der Waals surface area contributed by atoms with Crippen LogP contribution in [0, 0.1) is 11.3 Å². The molecule has 0 saturated heterocycles. The van der Waals surface area contributed by atoms with Crippen molar-refractivity contribution >= 4 is 35.0 Å². The van der Waals surface area contributed by atoms with Gasteiger partial charge in [0.2, 0.25) is 0 Å². The minimum absolute atomic E-state index is 0.193. The molecule has 4 rings (SSSR count). The van der Waals surface area contributed by atoms with E-state index in [1.54, 1.807) is 36.4 Å². The van der Waals surface area contributed by atoms with Gasteiger partial charge in [0.15, 0.2) is 34.4 Å². The van der Waals surface area contributed by atoms with Gasteiger partial charge in [-0.15, -0.1) is 0 Å². The van der Waals surface area contributed by atoms with Crippen molar-refractivity contribution in [3.8, 4) is 29.1 Å². The van der Waals surface area contributed by atoms with Crippen molar-refractivity contribution in [2.75, 3.05) is 33.5 Å². The van der Waals surface area contributed by atoms with Crippen molar-refractivity contribution < 1.29 is 28.5 Å². The predicted molar refractivity (Wildman–Crippen MR) is 154 cm³/mol. The Morgan fingerprint density at radius 3 is 2.46 bits per heavy atom. The fraction of sp³-hybridized carbons (Fsp3) is 0.310. The number of hydrogen-bond donors (Lipinski definition) is 0. The number of thiazole rings is 1. The van der Waals surface area contributed by atoms with E-state index < -0.39 is 12.0 Å². The average molecular weight is 598 g/mol. The minimum Gasteiger partial charge on any atom is -0.490 e. The van der Waals surface area contributed by atoms with Crippen LogP contribution in [0.4, 0.5) is 0 Å². The molecule has 0 radical (unpaired) electrons. The van der Waals surface area contributed by atoms with Crippen LogP contribution in [0.1, 0.15) is 37.9 Å². The smallest absolute Gasteiger partial charge is 0.337 e. The zero-order chi connectivity index (χ0) is 29.5. The van der Waals surface area contributed by atoms with Crippen LogP contribution < -0.4 is 33.8 Å². The van der Waals surface area contributed by atoms with E-state index in [0.29, 0.717) is 57.5 Å². The highest BCUT2D eigenvalue weighted by Crippen LogP contribution is 2.37. The minimum atomic E-state index is -0.819. The summed E-state index contributed by atoms with van der Waals surface area (Å²) in [4.78, 5) is 31.5. The van der Waals surface area contributed by atoms with E-state index in [0.717, 1.165) is 11.3 Å². The Morgan fingerprint density at radius 1 is 1.07 bits per heavy atom. The molecule has 214 valence electrons. The van der Waals surface area contributed by atoms with Gasteiger partial charge in [-0.2, -0.15) is 5.26 Å². The molecule has 10 nitrogen and oxygen atoms in total. The molecule has 0 saturated carbocycles. The second kappa shape index (κ2) is 13.4. The molecule has 1 aliphatic heterocycles. The van der Waals surface area contributed by atoms with E-state index >= 15 is 0 Å². The lowest BCUT2D eigenvalue weighted by Gasteiger charge is -2.23. The van der Waals surface area contributed by atoms with E-state index in [4.69, 9.17) is 40.5 Å². The maximum Gasteiger partial charge on any atom is 0.337 e. The highest BCUT2D eigenvalue weighted by Gasteiger charge is 2.31. The van der Waals surface area contributed by atoms with Gasteiger partial charge in [-0.25, -0.2) is 9.79 Å². The number of esters is 1. The first-order valence-corrected chi connectivity index (χ1v) is 14.0. The van der Waals surface area contributed by atoms with Gasteiger partial charge in [0.1, 0.15) is 6.07 Å². The molecule has 1 atom stereocenters. The molecule has 0 bridgehead atoms. The van der Waals surface area contributed by atoms with Crippen LogP contribution in [0.25, 0.3) is 6.08 Å². The Balaban J connectivity index is 1.88. The molecule has 12 heteroatoms. The number of carbonyl (C=O) groups excluding carboxylic acids is 1. The van der Waals surface area contributed by atoms with Gasteiger partial charge < -0.3 is 23.7 Å². The highest BCUT2D eigenvalue weighted by molar-refractivity contribution is 7.07. The lowest BCUT2D eigenvalue weighted by atomic mass is 9.97. The molecular formula is C29H28ClN3O7S. The van der Waals surface area contributed by atoms with Gasteiger partial charge in [-0.3, -0.25) is 9.36 Å². The number of carbonyl (C=O) groups is 1. The van der Waals surface area contributed by atoms with Crippen molar-refractivity contribution in [1.82, 2.24) is 4.57 Å². The van der Waals surface area contributed by atoms with E-state index in [9.17, 15) is 9.59 Å². The summed E-state index contributed by atoms with van der Waals surface area (Å²) >= 11 is 7.61. The molecule has 1 aliphatic rings. The molecule has 3 aromatic rings. The number of benzene rings is 2. The molecule has 2 aromatic carbocycles. The largest absolute Gasteiger partial charge is 0.490 e. The molecule has 0 spiro atoms. The van der Waals surface area contributed by atoms with Gasteiger partial charge in [-0.05, 0) is 62.2 Å². The zero-order valence-electron chi connectivity index (χ0n) is 22.9. The monoisotopic (exact) mass is 597 g/mol. The fourth-order valence-electron chi connectivity index (χ4n) is 4.32. The number of nitrogens with zero attached hydrogens (tertiary/aromatic N) is 3. The Labute approximate surface area is 245 Å². The SMILES string of the molecule is CCOc1ccc([C@@H]2C(C(=O)OC)=CN=c3s/c(=C\c4cc(Cl)c(OCC#N)c(OCC)c4)c(=O)n32)cc1OCC. The van der Waals surface area contributed by atoms with Crippen LogP contribution >= 0.6 is 22.9 Å². The van der Waals surface area contributed by atoms with Crippen molar-refractivity contribution in [1.29, 1.82) is 5.26 Å². The van der Waals surface area contributed by atoms with Gasteiger partial charge in [0.25, 0.3) is 5.56 Å². The third-order valence-electron chi connectivity index (χ3n) is 5.92. The lowest BCUT2D eigenvalue weighted by molar-refractivity contribution is -0.136. The van der Waals surface area contributed by atoms with Gasteiger partial charge in [-0.1, -0.05) is 29.0 Å². The molecule has 1 aromatic heterocycles. The normalized spacial score (nSPS) is 14.3. The molecule has 0 N–H and O–H groups in total. The van der Waals surface area contributed by atoms with Gasteiger partial charge >= 0.3 is 5.97 Å². The van der Waals surface area contributed by atoms with Gasteiger partial charge in [0.05, 0.1) is 48.1 Å². The highest BCUT2D eigenvalue weighted by atomic mass is 35.5. The molecule has 0 aliphatic carbocycles. The Kier molecular flexibility index (Phi) is 9.70. The summed E-state index contributed by atoms with van der Waals surface area (Å²) in [5.41, 5.74) is 1.03. The van der Waals surface area contributed by atoms with Crippen LogP contribution in [0.5, 0.6) is 23.0 Å². The molecule has 0 fully saturated rings. The Hall–Kier alpha value is -4.27. The number of rotatable bonds is 11. The van der Waals surface area contributed by atoms with Crippen LogP contribution in [-0.2, 0) is 9.53 Å². The second-order valence-electron chi connectivity index (χ2n) is 8.46. The van der Waals surface area contributed by atoms with Crippen molar-refractivity contribution in [3.63, 3.8) is 0 Å². The number of methoxy groups -OCH3 is 1. The topological polar surface area (TPSA) is 121 Å². The fourth-order valence-corrected chi connectivity index (χ4v) is 5.56. The van der Waals surface area contributed by atoms with Crippen LogP contribution in [0.15, 0.2) is 51.9 Å². The van der Waals surface area contributed by atoms with Crippen molar-refractivity contribution in [2.45, 2.75) is 26.8 Å². The molecule has 0 amide bonds. The number of nitriles is 1. The summed E-state index contributed by atoms with van der Waals surface area (Å²) in [7, 11) is 1.28. The van der Waals surface area contributed by atoms with Gasteiger partial charge in [0, 0.05) is 6.20 Å². The first-order valence-electron chi connectivity index (χ1n) is 12.8. The second-order valence-corrected chi connectivity index (χ2v) is 9.87. The number of aromatic nitrogens is 1. The van der Waals surface area contributed by atoms with Crippen LogP contribution in [-0.4, -0.2) is 44.1 Å². The summed E-state index contributed by atoms with van der Waals surface area (Å²) in [5.74, 6) is 1.03. The number of hydrogen-bond acceptors (Lipinski definition) is 10. The quantitative estimate of drug-likeness (QED) is 0.306. The van der Waals surface area contributed by atoms with Crippen LogP contribution in [0.2, 0.25) is 5.02 Å². The number of ether oxygens (including phenoxy) is 5. The zero-order valence-corrected chi connectivity index (χ0v) is 24.5. The molecular weight excluding hydrogens is 570 g/mol. The van der Waals surface area contributed by atoms with E-state index in [-0.39, 0.29) is 28.5 Å². The molecule has 0 unspecified atom stereocenters.